The van der Waals surface area contributed by atoms with Gasteiger partial charge >= 0.3 is 0 Å². The Balaban J connectivity index is 2.46. The zero-order valence-electron chi connectivity index (χ0n) is 9.54. The molecule has 2 rings (SSSR count). The van der Waals surface area contributed by atoms with Gasteiger partial charge in [-0.2, -0.15) is 5.26 Å². The van der Waals surface area contributed by atoms with E-state index in [1.165, 1.54) is 5.56 Å². The summed E-state index contributed by atoms with van der Waals surface area (Å²) < 4.78 is 0. The summed E-state index contributed by atoms with van der Waals surface area (Å²) in [7, 11) is 0. The number of H-pyrrole nitrogens is 1. The topological polar surface area (TPSA) is 39.6 Å². The van der Waals surface area contributed by atoms with Crippen LogP contribution in [0, 0.1) is 18.3 Å². The molecule has 0 unspecified atom stereocenters. The highest BCUT2D eigenvalue weighted by molar-refractivity contribution is 5.63. The molecule has 1 heterocycles. The number of benzene rings is 1. The van der Waals surface area contributed by atoms with Crippen molar-refractivity contribution in [2.45, 2.75) is 20.3 Å². The molecule has 0 amide bonds. The zero-order valence-corrected chi connectivity index (χ0v) is 9.54. The number of aromatic nitrogens is 1. The molecule has 0 radical (unpaired) electrons. The maximum atomic E-state index is 8.91. The Labute approximate surface area is 95.6 Å². The van der Waals surface area contributed by atoms with Crippen LogP contribution in [0.15, 0.2) is 30.3 Å². The van der Waals surface area contributed by atoms with Crippen LogP contribution in [0.5, 0.6) is 0 Å². The molecule has 0 bridgehead atoms. The van der Waals surface area contributed by atoms with Gasteiger partial charge < -0.3 is 4.98 Å². The lowest BCUT2D eigenvalue weighted by Gasteiger charge is -2.01. The average Bonchev–Trinajstić information content (AvgIpc) is 2.71. The van der Waals surface area contributed by atoms with Crippen molar-refractivity contribution < 1.29 is 0 Å². The van der Waals surface area contributed by atoms with Crippen molar-refractivity contribution in [3.63, 3.8) is 0 Å². The molecular weight excluding hydrogens is 196 g/mol. The Morgan fingerprint density at radius 3 is 2.75 bits per heavy atom. The fourth-order valence-corrected chi connectivity index (χ4v) is 1.79. The lowest BCUT2D eigenvalue weighted by atomic mass is 10.1. The van der Waals surface area contributed by atoms with Crippen LogP contribution in [-0.2, 0) is 6.42 Å². The average molecular weight is 210 g/mol. The third-order valence-electron chi connectivity index (χ3n) is 2.78. The minimum absolute atomic E-state index is 0.719. The van der Waals surface area contributed by atoms with E-state index in [1.54, 1.807) is 0 Å². The molecule has 0 saturated carbocycles. The van der Waals surface area contributed by atoms with E-state index in [1.807, 2.05) is 13.0 Å². The summed E-state index contributed by atoms with van der Waals surface area (Å²) >= 11 is 0. The molecule has 0 fully saturated rings. The molecule has 0 spiro atoms. The Morgan fingerprint density at radius 2 is 2.12 bits per heavy atom. The van der Waals surface area contributed by atoms with E-state index in [4.69, 9.17) is 5.26 Å². The summed E-state index contributed by atoms with van der Waals surface area (Å²) in [5, 5.41) is 8.91. The molecule has 2 heteroatoms. The molecule has 0 aliphatic carbocycles. The minimum Gasteiger partial charge on any atom is -0.358 e. The first kappa shape index (κ1) is 10.5. The molecule has 16 heavy (non-hydrogen) atoms. The largest absolute Gasteiger partial charge is 0.358 e. The van der Waals surface area contributed by atoms with Crippen LogP contribution in [-0.4, -0.2) is 4.98 Å². The second-order valence-electron chi connectivity index (χ2n) is 3.89. The lowest BCUT2D eigenvalue weighted by Crippen LogP contribution is -1.82. The molecule has 2 aromatic rings. The van der Waals surface area contributed by atoms with Crippen LogP contribution in [0.25, 0.3) is 11.3 Å². The van der Waals surface area contributed by atoms with Crippen molar-refractivity contribution in [3.05, 3.63) is 47.2 Å². The number of rotatable bonds is 2. The number of hydrogen-bond donors (Lipinski definition) is 1. The van der Waals surface area contributed by atoms with E-state index in [9.17, 15) is 0 Å². The molecule has 1 aromatic carbocycles. The number of nitriles is 1. The van der Waals surface area contributed by atoms with Crippen molar-refractivity contribution in [2.75, 3.05) is 0 Å². The van der Waals surface area contributed by atoms with Crippen LogP contribution < -0.4 is 0 Å². The van der Waals surface area contributed by atoms with E-state index in [-0.39, 0.29) is 0 Å². The summed E-state index contributed by atoms with van der Waals surface area (Å²) in [6.45, 7) is 4.06. The summed E-state index contributed by atoms with van der Waals surface area (Å²) in [5.74, 6) is 0. The first-order valence-corrected chi connectivity index (χ1v) is 5.43. The summed E-state index contributed by atoms with van der Waals surface area (Å²) in [5.41, 5.74) is 5.12. The normalized spacial score (nSPS) is 10.1. The number of nitrogens with one attached hydrogen (secondary N) is 1. The molecule has 80 valence electrons. The van der Waals surface area contributed by atoms with Gasteiger partial charge in [-0.15, -0.1) is 0 Å². The van der Waals surface area contributed by atoms with Crippen molar-refractivity contribution in [2.24, 2.45) is 0 Å². The maximum absolute atomic E-state index is 8.91. The van der Waals surface area contributed by atoms with Crippen LogP contribution in [0.3, 0.4) is 0 Å². The highest BCUT2D eigenvalue weighted by Crippen LogP contribution is 2.22. The first-order chi connectivity index (χ1) is 7.74. The Bertz CT molecular complexity index is 544. The third-order valence-corrected chi connectivity index (χ3v) is 2.78. The maximum Gasteiger partial charge on any atom is 0.101 e. The standard InChI is InChI=1S/C14H14N2/c1-3-11-5-4-6-12(7-11)14-8-13(9-15)10(2)16-14/h4-8,16H,3H2,1-2H3. The molecule has 1 N–H and O–H groups in total. The van der Waals surface area contributed by atoms with E-state index < -0.39 is 0 Å². The second-order valence-corrected chi connectivity index (χ2v) is 3.89. The molecule has 0 aliphatic heterocycles. The highest BCUT2D eigenvalue weighted by Gasteiger charge is 2.05. The fraction of sp³-hybridized carbons (Fsp3) is 0.214. The summed E-state index contributed by atoms with van der Waals surface area (Å²) in [4.78, 5) is 3.24. The molecule has 0 atom stereocenters. The van der Waals surface area contributed by atoms with Crippen LogP contribution in [0.1, 0.15) is 23.7 Å². The van der Waals surface area contributed by atoms with Gasteiger partial charge in [-0.1, -0.05) is 25.1 Å². The predicted octanol–water partition coefficient (Wildman–Crippen LogP) is 3.42. The molecule has 0 saturated heterocycles. The quantitative estimate of drug-likeness (QED) is 0.810. The Morgan fingerprint density at radius 1 is 1.31 bits per heavy atom. The van der Waals surface area contributed by atoms with Crippen molar-refractivity contribution >= 4 is 0 Å². The summed E-state index contributed by atoms with van der Waals surface area (Å²) in [6, 6.07) is 12.5. The zero-order chi connectivity index (χ0) is 11.5. The minimum atomic E-state index is 0.719. The Kier molecular flexibility index (Phi) is 2.78. The van der Waals surface area contributed by atoms with E-state index in [2.05, 4.69) is 42.2 Å². The van der Waals surface area contributed by atoms with Gasteiger partial charge in [0.25, 0.3) is 0 Å². The number of hydrogen-bond acceptors (Lipinski definition) is 1. The molecule has 2 nitrogen and oxygen atoms in total. The highest BCUT2D eigenvalue weighted by atomic mass is 14.7. The van der Waals surface area contributed by atoms with E-state index in [0.29, 0.717) is 0 Å². The lowest BCUT2D eigenvalue weighted by molar-refractivity contribution is 1.14. The fourth-order valence-electron chi connectivity index (χ4n) is 1.79. The van der Waals surface area contributed by atoms with Gasteiger partial charge in [-0.25, -0.2) is 0 Å². The predicted molar refractivity (Wildman–Crippen MR) is 65.1 cm³/mol. The van der Waals surface area contributed by atoms with Crippen molar-refractivity contribution in [1.82, 2.24) is 4.98 Å². The molecule has 0 aliphatic rings. The van der Waals surface area contributed by atoms with Crippen LogP contribution in [0.2, 0.25) is 0 Å². The number of aryl methyl sites for hydroxylation is 2. The van der Waals surface area contributed by atoms with Gasteiger partial charge in [0, 0.05) is 11.4 Å². The summed E-state index contributed by atoms with van der Waals surface area (Å²) in [6.07, 6.45) is 1.03. The van der Waals surface area contributed by atoms with Gasteiger partial charge in [0.05, 0.1) is 5.56 Å². The number of aromatic amines is 1. The Hall–Kier alpha value is -2.01. The molecular formula is C14H14N2. The first-order valence-electron chi connectivity index (χ1n) is 5.43. The van der Waals surface area contributed by atoms with E-state index >= 15 is 0 Å². The van der Waals surface area contributed by atoms with Crippen molar-refractivity contribution in [3.8, 4) is 17.3 Å². The van der Waals surface area contributed by atoms with Crippen LogP contribution >= 0.6 is 0 Å². The third kappa shape index (κ3) is 1.85. The number of nitrogens with zero attached hydrogens (tertiary/aromatic N) is 1. The van der Waals surface area contributed by atoms with Gasteiger partial charge in [-0.3, -0.25) is 0 Å². The van der Waals surface area contributed by atoms with Crippen molar-refractivity contribution in [1.29, 1.82) is 5.26 Å². The molecule has 1 aromatic heterocycles. The SMILES string of the molecule is CCc1cccc(-c2cc(C#N)c(C)[nH]2)c1. The van der Waals surface area contributed by atoms with E-state index in [0.717, 1.165) is 28.9 Å². The van der Waals surface area contributed by atoms with Gasteiger partial charge in [0.15, 0.2) is 0 Å². The van der Waals surface area contributed by atoms with Gasteiger partial charge in [-0.05, 0) is 36.6 Å². The van der Waals surface area contributed by atoms with Gasteiger partial charge in [0.2, 0.25) is 0 Å². The monoisotopic (exact) mass is 210 g/mol. The van der Waals surface area contributed by atoms with Crippen LogP contribution in [0.4, 0.5) is 0 Å². The van der Waals surface area contributed by atoms with Gasteiger partial charge in [0.1, 0.15) is 6.07 Å². The second kappa shape index (κ2) is 4.24. The smallest absolute Gasteiger partial charge is 0.101 e.